The predicted octanol–water partition coefficient (Wildman–Crippen LogP) is 2.30. The Kier molecular flexibility index (Phi) is 2.34. The molecule has 2 N–H and O–H groups in total. The van der Waals surface area contributed by atoms with E-state index in [9.17, 15) is 10.1 Å². The summed E-state index contributed by atoms with van der Waals surface area (Å²) in [5.74, 6) is 0. The van der Waals surface area contributed by atoms with Crippen molar-refractivity contribution >= 4 is 22.7 Å². The molecule has 0 saturated carbocycles. The number of nitrogen functional groups attached to an aromatic ring is 1. The van der Waals surface area contributed by atoms with E-state index in [1.54, 1.807) is 11.6 Å². The van der Waals surface area contributed by atoms with Gasteiger partial charge in [-0.25, -0.2) is 4.98 Å². The van der Waals surface area contributed by atoms with E-state index >= 15 is 0 Å². The van der Waals surface area contributed by atoms with Gasteiger partial charge in [-0.05, 0) is 6.07 Å². The first-order chi connectivity index (χ1) is 7.18. The summed E-state index contributed by atoms with van der Waals surface area (Å²) >= 11 is 1.40. The lowest BCUT2D eigenvalue weighted by atomic mass is 10.1. The van der Waals surface area contributed by atoms with Gasteiger partial charge in [-0.2, -0.15) is 0 Å². The Labute approximate surface area is 89.3 Å². The van der Waals surface area contributed by atoms with Crippen molar-refractivity contribution in [1.82, 2.24) is 4.98 Å². The lowest BCUT2D eigenvalue weighted by molar-refractivity contribution is -0.384. The molecule has 0 aliphatic heterocycles. The van der Waals surface area contributed by atoms with Gasteiger partial charge in [-0.3, -0.25) is 10.1 Å². The Morgan fingerprint density at radius 2 is 2.27 bits per heavy atom. The fourth-order valence-corrected chi connectivity index (χ4v) is 1.88. The van der Waals surface area contributed by atoms with Gasteiger partial charge in [0.1, 0.15) is 5.01 Å². The van der Waals surface area contributed by atoms with Crippen molar-refractivity contribution in [2.75, 3.05) is 5.73 Å². The van der Waals surface area contributed by atoms with Crippen LogP contribution in [0, 0.1) is 10.1 Å². The van der Waals surface area contributed by atoms with Gasteiger partial charge in [0.15, 0.2) is 0 Å². The second-order valence-corrected chi connectivity index (χ2v) is 3.76. The second-order valence-electron chi connectivity index (χ2n) is 2.87. The van der Waals surface area contributed by atoms with Crippen LogP contribution in [0.5, 0.6) is 0 Å². The normalized spacial score (nSPS) is 10.1. The third-order valence-corrected chi connectivity index (χ3v) is 2.72. The van der Waals surface area contributed by atoms with Crippen LogP contribution in [0.2, 0.25) is 0 Å². The van der Waals surface area contributed by atoms with E-state index in [-0.39, 0.29) is 5.69 Å². The number of benzene rings is 1. The number of aromatic nitrogens is 1. The van der Waals surface area contributed by atoms with Crippen molar-refractivity contribution in [3.05, 3.63) is 39.9 Å². The highest BCUT2D eigenvalue weighted by Gasteiger charge is 2.11. The summed E-state index contributed by atoms with van der Waals surface area (Å²) in [7, 11) is 0. The van der Waals surface area contributed by atoms with Crippen molar-refractivity contribution in [2.24, 2.45) is 0 Å². The molecule has 1 aromatic heterocycles. The maximum Gasteiger partial charge on any atom is 0.270 e. The van der Waals surface area contributed by atoms with Gasteiger partial charge in [0.25, 0.3) is 5.69 Å². The van der Waals surface area contributed by atoms with Crippen LogP contribution in [-0.2, 0) is 0 Å². The van der Waals surface area contributed by atoms with E-state index in [0.717, 1.165) is 0 Å². The number of thiazole rings is 1. The zero-order valence-electron chi connectivity index (χ0n) is 7.58. The van der Waals surface area contributed by atoms with Gasteiger partial charge in [0, 0.05) is 35.0 Å². The predicted molar refractivity (Wildman–Crippen MR) is 58.6 cm³/mol. The zero-order valence-corrected chi connectivity index (χ0v) is 8.40. The van der Waals surface area contributed by atoms with E-state index in [4.69, 9.17) is 5.73 Å². The van der Waals surface area contributed by atoms with Crippen LogP contribution in [0.1, 0.15) is 0 Å². The maximum atomic E-state index is 10.6. The number of hydrogen-bond acceptors (Lipinski definition) is 5. The smallest absolute Gasteiger partial charge is 0.270 e. The number of hydrogen-bond donors (Lipinski definition) is 1. The number of non-ortho nitro benzene ring substituents is 1. The molecule has 1 aromatic carbocycles. The Balaban J connectivity index is 2.55. The number of nitrogens with zero attached hydrogens (tertiary/aromatic N) is 2. The SMILES string of the molecule is Nc1ccc([N+](=O)[O-])cc1-c1nccs1. The van der Waals surface area contributed by atoms with E-state index in [1.807, 2.05) is 0 Å². The molecular formula is C9H7N3O2S. The molecule has 5 nitrogen and oxygen atoms in total. The summed E-state index contributed by atoms with van der Waals surface area (Å²) in [5.41, 5.74) is 6.85. The van der Waals surface area contributed by atoms with Gasteiger partial charge >= 0.3 is 0 Å². The molecule has 6 heteroatoms. The van der Waals surface area contributed by atoms with Gasteiger partial charge in [-0.15, -0.1) is 11.3 Å². The molecule has 0 amide bonds. The molecule has 0 radical (unpaired) electrons. The van der Waals surface area contributed by atoms with Gasteiger partial charge < -0.3 is 5.73 Å². The molecule has 0 saturated heterocycles. The van der Waals surface area contributed by atoms with Crippen molar-refractivity contribution in [3.63, 3.8) is 0 Å². The van der Waals surface area contributed by atoms with Crippen LogP contribution in [0.15, 0.2) is 29.8 Å². The fourth-order valence-electron chi connectivity index (χ4n) is 1.20. The molecule has 0 spiro atoms. The van der Waals surface area contributed by atoms with Crippen molar-refractivity contribution in [2.45, 2.75) is 0 Å². The van der Waals surface area contributed by atoms with Crippen LogP contribution in [-0.4, -0.2) is 9.91 Å². The maximum absolute atomic E-state index is 10.6. The monoisotopic (exact) mass is 221 g/mol. The third kappa shape index (κ3) is 1.79. The molecule has 2 aromatic rings. The molecule has 0 aliphatic rings. The standard InChI is InChI=1S/C9H7N3O2S/c10-8-2-1-6(12(13)14)5-7(8)9-11-3-4-15-9/h1-5H,10H2. The third-order valence-electron chi connectivity index (χ3n) is 1.91. The summed E-state index contributed by atoms with van der Waals surface area (Å²) in [6.45, 7) is 0. The quantitative estimate of drug-likeness (QED) is 0.479. The number of rotatable bonds is 2. The zero-order chi connectivity index (χ0) is 10.8. The lowest BCUT2D eigenvalue weighted by Gasteiger charge is -2.01. The summed E-state index contributed by atoms with van der Waals surface area (Å²) in [5, 5.41) is 13.1. The van der Waals surface area contributed by atoms with Crippen LogP contribution >= 0.6 is 11.3 Å². The Bertz CT molecular complexity index is 496. The van der Waals surface area contributed by atoms with Crippen LogP contribution in [0.25, 0.3) is 10.6 Å². The molecule has 0 atom stereocenters. The molecule has 0 fully saturated rings. The van der Waals surface area contributed by atoms with Crippen LogP contribution in [0.4, 0.5) is 11.4 Å². The molecule has 2 rings (SSSR count). The topological polar surface area (TPSA) is 82.0 Å². The molecular weight excluding hydrogens is 214 g/mol. The van der Waals surface area contributed by atoms with Crippen LogP contribution < -0.4 is 5.73 Å². The summed E-state index contributed by atoms with van der Waals surface area (Å²) in [4.78, 5) is 14.2. The summed E-state index contributed by atoms with van der Waals surface area (Å²) < 4.78 is 0. The highest BCUT2D eigenvalue weighted by atomic mass is 32.1. The minimum Gasteiger partial charge on any atom is -0.398 e. The average molecular weight is 221 g/mol. The average Bonchev–Trinajstić information content (AvgIpc) is 2.71. The molecule has 1 heterocycles. The second kappa shape index (κ2) is 3.66. The molecule has 76 valence electrons. The van der Waals surface area contributed by atoms with E-state index in [2.05, 4.69) is 4.98 Å². The van der Waals surface area contributed by atoms with Crippen molar-refractivity contribution in [3.8, 4) is 10.6 Å². The highest BCUT2D eigenvalue weighted by molar-refractivity contribution is 7.13. The van der Waals surface area contributed by atoms with E-state index in [0.29, 0.717) is 16.3 Å². The first-order valence-electron chi connectivity index (χ1n) is 4.12. The minimum absolute atomic E-state index is 0.0226. The highest BCUT2D eigenvalue weighted by Crippen LogP contribution is 2.30. The number of nitro groups is 1. The van der Waals surface area contributed by atoms with E-state index < -0.39 is 4.92 Å². The lowest BCUT2D eigenvalue weighted by Crippen LogP contribution is -1.93. The Hall–Kier alpha value is -1.95. The van der Waals surface area contributed by atoms with E-state index in [1.165, 1.54) is 29.5 Å². The fraction of sp³-hybridized carbons (Fsp3) is 0. The number of nitro benzene ring substituents is 1. The van der Waals surface area contributed by atoms with Gasteiger partial charge in [0.05, 0.1) is 4.92 Å². The van der Waals surface area contributed by atoms with Gasteiger partial charge in [-0.1, -0.05) is 0 Å². The largest absolute Gasteiger partial charge is 0.398 e. The summed E-state index contributed by atoms with van der Waals surface area (Å²) in [6, 6.07) is 4.34. The van der Waals surface area contributed by atoms with Crippen molar-refractivity contribution in [1.29, 1.82) is 0 Å². The van der Waals surface area contributed by atoms with Gasteiger partial charge in [0.2, 0.25) is 0 Å². The minimum atomic E-state index is -0.448. The number of nitrogens with two attached hydrogens (primary N) is 1. The first kappa shape index (κ1) is 9.60. The molecule has 0 bridgehead atoms. The van der Waals surface area contributed by atoms with Crippen LogP contribution in [0.3, 0.4) is 0 Å². The molecule has 15 heavy (non-hydrogen) atoms. The van der Waals surface area contributed by atoms with Crippen molar-refractivity contribution < 1.29 is 4.92 Å². The summed E-state index contributed by atoms with van der Waals surface area (Å²) in [6.07, 6.45) is 1.64. The molecule has 0 aliphatic carbocycles. The first-order valence-corrected chi connectivity index (χ1v) is 5.00. The number of anilines is 1. The Morgan fingerprint density at radius 1 is 1.47 bits per heavy atom. The Morgan fingerprint density at radius 3 is 2.87 bits per heavy atom. The molecule has 0 unspecified atom stereocenters.